The molecule has 1 fully saturated rings. The molecule has 1 heterocycles. The number of benzene rings is 1. The van der Waals surface area contributed by atoms with Gasteiger partial charge in [-0.15, -0.1) is 11.8 Å². The average molecular weight is 400 g/mol. The number of imide groups is 1. The lowest BCUT2D eigenvalue weighted by Gasteiger charge is -2.18. The molecule has 1 aliphatic rings. The number of carbonyl (C=O) groups is 3. The second kappa shape index (κ2) is 9.04. The highest BCUT2D eigenvalue weighted by Crippen LogP contribution is 2.25. The van der Waals surface area contributed by atoms with E-state index in [1.165, 1.54) is 18.8 Å². The van der Waals surface area contributed by atoms with E-state index < -0.39 is 33.8 Å². The number of rotatable bonds is 6. The topological polar surface area (TPSA) is 119 Å². The number of sulfone groups is 1. The van der Waals surface area contributed by atoms with Crippen molar-refractivity contribution < 1.29 is 27.5 Å². The van der Waals surface area contributed by atoms with E-state index in [-0.39, 0.29) is 22.5 Å². The number of thioether (sulfide) groups is 1. The summed E-state index contributed by atoms with van der Waals surface area (Å²) in [6.07, 6.45) is -0.770. The van der Waals surface area contributed by atoms with Crippen LogP contribution in [0.2, 0.25) is 0 Å². The second-order valence-corrected chi connectivity index (χ2v) is 9.20. The quantitative estimate of drug-likeness (QED) is 0.673. The van der Waals surface area contributed by atoms with Gasteiger partial charge in [0.1, 0.15) is 0 Å². The van der Waals surface area contributed by atoms with Gasteiger partial charge in [0.2, 0.25) is 6.10 Å². The van der Waals surface area contributed by atoms with Crippen LogP contribution in [0.4, 0.5) is 4.79 Å². The Morgan fingerprint density at radius 2 is 1.96 bits per heavy atom. The van der Waals surface area contributed by atoms with E-state index >= 15 is 0 Å². The third-order valence-electron chi connectivity index (χ3n) is 3.68. The molecule has 1 aromatic rings. The van der Waals surface area contributed by atoms with Crippen LogP contribution in [0.5, 0.6) is 0 Å². The van der Waals surface area contributed by atoms with Gasteiger partial charge in [-0.2, -0.15) is 0 Å². The van der Waals surface area contributed by atoms with Crippen molar-refractivity contribution in [1.29, 1.82) is 0 Å². The molecule has 0 unspecified atom stereocenters. The predicted molar refractivity (Wildman–Crippen MR) is 97.4 cm³/mol. The lowest BCUT2D eigenvalue weighted by atomic mass is 10.1. The van der Waals surface area contributed by atoms with Crippen molar-refractivity contribution >= 4 is 39.5 Å². The van der Waals surface area contributed by atoms with Gasteiger partial charge < -0.3 is 10.1 Å². The molecule has 2 N–H and O–H groups in total. The molecule has 0 saturated carbocycles. The van der Waals surface area contributed by atoms with E-state index in [2.05, 4.69) is 10.6 Å². The van der Waals surface area contributed by atoms with E-state index in [1.807, 2.05) is 0 Å². The van der Waals surface area contributed by atoms with E-state index in [4.69, 9.17) is 4.74 Å². The molecule has 2 rings (SSSR count). The third kappa shape index (κ3) is 6.03. The number of esters is 1. The zero-order valence-corrected chi connectivity index (χ0v) is 15.8. The van der Waals surface area contributed by atoms with Crippen LogP contribution in [0, 0.1) is 0 Å². The minimum absolute atomic E-state index is 0.0459. The van der Waals surface area contributed by atoms with E-state index in [0.29, 0.717) is 12.0 Å². The fraction of sp³-hybridized carbons (Fsp3) is 0.438. The molecule has 26 heavy (non-hydrogen) atoms. The minimum atomic E-state index is -3.02. The molecule has 2 atom stereocenters. The first-order chi connectivity index (χ1) is 12.3. The van der Waals surface area contributed by atoms with Gasteiger partial charge in [-0.3, -0.25) is 14.9 Å². The molecule has 10 heteroatoms. The molecule has 1 aromatic carbocycles. The molecule has 0 spiro atoms. The van der Waals surface area contributed by atoms with Gasteiger partial charge in [0, 0.05) is 17.9 Å². The monoisotopic (exact) mass is 400 g/mol. The first kappa shape index (κ1) is 20.2. The average Bonchev–Trinajstić information content (AvgIpc) is 2.97. The molecule has 142 valence electrons. The van der Waals surface area contributed by atoms with Crippen LogP contribution in [0.15, 0.2) is 30.3 Å². The summed E-state index contributed by atoms with van der Waals surface area (Å²) in [6, 6.07) is 7.62. The third-order valence-corrected chi connectivity index (χ3v) is 6.94. The summed E-state index contributed by atoms with van der Waals surface area (Å²) < 4.78 is 28.2. The van der Waals surface area contributed by atoms with Crippen LogP contribution >= 0.6 is 11.8 Å². The van der Waals surface area contributed by atoms with Crippen LogP contribution in [0.1, 0.15) is 18.1 Å². The fourth-order valence-corrected chi connectivity index (χ4v) is 5.81. The highest BCUT2D eigenvalue weighted by molar-refractivity contribution is 8.02. The van der Waals surface area contributed by atoms with Crippen LogP contribution in [0.25, 0.3) is 0 Å². The number of hydrogen-bond acceptors (Lipinski definition) is 7. The minimum Gasteiger partial charge on any atom is -0.447 e. The molecule has 3 amide bonds. The van der Waals surface area contributed by atoms with Crippen molar-refractivity contribution in [2.45, 2.75) is 17.8 Å². The van der Waals surface area contributed by atoms with Crippen molar-refractivity contribution in [1.82, 2.24) is 10.6 Å². The first-order valence-corrected chi connectivity index (χ1v) is 10.8. The number of nitrogens with one attached hydrogen (secondary N) is 2. The van der Waals surface area contributed by atoms with Gasteiger partial charge in [0.15, 0.2) is 9.84 Å². The largest absolute Gasteiger partial charge is 0.447 e. The van der Waals surface area contributed by atoms with Gasteiger partial charge in [0.05, 0.1) is 17.3 Å². The van der Waals surface area contributed by atoms with Crippen LogP contribution in [-0.4, -0.2) is 55.9 Å². The maximum absolute atomic E-state index is 12.3. The Bertz CT molecular complexity index is 766. The van der Waals surface area contributed by atoms with E-state index in [9.17, 15) is 22.8 Å². The number of carbonyl (C=O) groups excluding carboxylic acids is 3. The van der Waals surface area contributed by atoms with Gasteiger partial charge in [-0.25, -0.2) is 13.2 Å². The zero-order valence-electron chi connectivity index (χ0n) is 14.1. The molecule has 8 nitrogen and oxygen atoms in total. The SMILES string of the molecule is CNC(=O)NC(=O)[C@H](OC(=O)CS[C@@H]1CCS(=O)(=O)C1)c1ccccc1. The highest BCUT2D eigenvalue weighted by atomic mass is 32.2. The lowest BCUT2D eigenvalue weighted by molar-refractivity contribution is -0.153. The summed E-state index contributed by atoms with van der Waals surface area (Å²) in [7, 11) is -1.66. The van der Waals surface area contributed by atoms with Crippen molar-refractivity contribution in [2.75, 3.05) is 24.3 Å². The van der Waals surface area contributed by atoms with Gasteiger partial charge >= 0.3 is 12.0 Å². The fourth-order valence-electron chi connectivity index (χ4n) is 2.38. The Morgan fingerprint density at radius 1 is 1.27 bits per heavy atom. The summed E-state index contributed by atoms with van der Waals surface area (Å²) in [5.74, 6) is -1.32. The summed E-state index contributed by atoms with van der Waals surface area (Å²) in [5, 5.41) is 4.19. The zero-order chi connectivity index (χ0) is 19.2. The van der Waals surface area contributed by atoms with E-state index in [0.717, 1.165) is 0 Å². The van der Waals surface area contributed by atoms with Crippen LogP contribution in [0.3, 0.4) is 0 Å². The maximum atomic E-state index is 12.3. The molecule has 0 radical (unpaired) electrons. The van der Waals surface area contributed by atoms with Gasteiger partial charge in [-0.1, -0.05) is 30.3 Å². The molecular weight excluding hydrogens is 380 g/mol. The Morgan fingerprint density at radius 3 is 2.54 bits per heavy atom. The van der Waals surface area contributed by atoms with Gasteiger partial charge in [-0.05, 0) is 6.42 Å². The normalized spacial score (nSPS) is 19.3. The molecule has 0 aliphatic carbocycles. The lowest BCUT2D eigenvalue weighted by Crippen LogP contribution is -2.41. The first-order valence-electron chi connectivity index (χ1n) is 7.90. The number of amides is 3. The summed E-state index contributed by atoms with van der Waals surface area (Å²) in [4.78, 5) is 35.8. The summed E-state index contributed by atoms with van der Waals surface area (Å²) >= 11 is 1.20. The van der Waals surface area contributed by atoms with Crippen molar-refractivity contribution in [3.63, 3.8) is 0 Å². The molecule has 1 aliphatic heterocycles. The van der Waals surface area contributed by atoms with Gasteiger partial charge in [0.25, 0.3) is 5.91 Å². The summed E-state index contributed by atoms with van der Waals surface area (Å²) in [5.41, 5.74) is 0.427. The van der Waals surface area contributed by atoms with E-state index in [1.54, 1.807) is 30.3 Å². The number of urea groups is 1. The number of ether oxygens (including phenoxy) is 1. The smallest absolute Gasteiger partial charge is 0.321 e. The summed E-state index contributed by atoms with van der Waals surface area (Å²) in [6.45, 7) is 0. The predicted octanol–water partition coefficient (Wildman–Crippen LogP) is 0.647. The van der Waals surface area contributed by atoms with Crippen LogP contribution < -0.4 is 10.6 Å². The Kier molecular flexibility index (Phi) is 7.04. The van der Waals surface area contributed by atoms with Crippen molar-refractivity contribution in [2.24, 2.45) is 0 Å². The second-order valence-electron chi connectivity index (χ2n) is 5.69. The maximum Gasteiger partial charge on any atom is 0.321 e. The molecule has 1 saturated heterocycles. The van der Waals surface area contributed by atoms with Crippen molar-refractivity contribution in [3.05, 3.63) is 35.9 Å². The van der Waals surface area contributed by atoms with Crippen LogP contribution in [-0.2, 0) is 24.2 Å². The molecule has 0 bridgehead atoms. The Labute approximate surface area is 156 Å². The number of hydrogen-bond donors (Lipinski definition) is 2. The molecule has 0 aromatic heterocycles. The molecular formula is C16H20N2O6S2. The standard InChI is InChI=1S/C16H20N2O6S2/c1-17-16(21)18-15(20)14(11-5-3-2-4-6-11)24-13(19)9-25-12-7-8-26(22,23)10-12/h2-6,12,14H,7-10H2,1H3,(H2,17,18,20,21)/t12-,14-/m1/s1. The Hall–Kier alpha value is -2.07. The van der Waals surface area contributed by atoms with Crippen molar-refractivity contribution in [3.8, 4) is 0 Å². The highest BCUT2D eigenvalue weighted by Gasteiger charge is 2.30. The Balaban J connectivity index is 1.98.